The number of carbonyl (C=O) groups excluding carboxylic acids is 2. The molecule has 3 aliphatic heterocycles. The van der Waals surface area contributed by atoms with Crippen LogP contribution < -0.4 is 29.6 Å². The molecule has 15 nitrogen and oxygen atoms in total. The minimum Gasteiger partial charge on any atom is -0.490 e. The number of nitrogens with zero attached hydrogens (tertiary/aromatic N) is 5. The number of ether oxygens (including phenoxy) is 4. The minimum atomic E-state index is -3.17. The highest BCUT2D eigenvalue weighted by Gasteiger charge is 2.26. The van der Waals surface area contributed by atoms with Crippen LogP contribution in [0.25, 0.3) is 10.9 Å². The largest absolute Gasteiger partial charge is 0.490 e. The maximum absolute atomic E-state index is 13.0. The van der Waals surface area contributed by atoms with E-state index in [2.05, 4.69) is 25.5 Å². The maximum atomic E-state index is 13.0. The van der Waals surface area contributed by atoms with Gasteiger partial charge in [0.1, 0.15) is 22.0 Å². The molecule has 16 heteroatoms. The van der Waals surface area contributed by atoms with Gasteiger partial charge in [-0.15, -0.1) is 0 Å². The molecule has 6 rings (SSSR count). The topological polar surface area (TPSA) is 165 Å². The van der Waals surface area contributed by atoms with Gasteiger partial charge in [-0.25, -0.2) is 18.4 Å². The van der Waals surface area contributed by atoms with Crippen molar-refractivity contribution in [3.8, 4) is 23.0 Å². The van der Waals surface area contributed by atoms with Crippen LogP contribution in [0.2, 0.25) is 0 Å². The second kappa shape index (κ2) is 15.6. The number of likely N-dealkylation sites (N-methyl/N-ethyl adjacent to an activating group) is 1. The Kier molecular flexibility index (Phi) is 11.1. The van der Waals surface area contributed by atoms with Crippen LogP contribution in [0, 0.1) is 0 Å². The molecule has 0 unspecified atom stereocenters. The molecule has 1 saturated heterocycles. The predicted octanol–water partition coefficient (Wildman–Crippen LogP) is 2.17. The van der Waals surface area contributed by atoms with Gasteiger partial charge < -0.3 is 34.5 Å². The molecule has 1 fully saturated rings. The summed E-state index contributed by atoms with van der Waals surface area (Å²) in [5.74, 6) is 2.55. The van der Waals surface area contributed by atoms with Crippen molar-refractivity contribution in [1.82, 2.24) is 30.0 Å². The van der Waals surface area contributed by atoms with Gasteiger partial charge in [-0.3, -0.25) is 19.4 Å². The quantitative estimate of drug-likeness (QED) is 0.327. The van der Waals surface area contributed by atoms with E-state index in [0.29, 0.717) is 85.8 Å². The standard InChI is InChI=1S/C34H45N7O8S/c1-23-34(43)35-9-4-15-46-28-18-25-26(36-21-37-33(25)38-31-24(20-39(23)2)6-7-27-32(31)49-22-48-27)19-29(28)47-16-5-10-40-11-13-41(14-12-40)30(42)8-17-50(3,44)45/h6-7,18-19,21,23H,4-5,8-17,20,22H2,1-3H3,(H,35,43)(H,36,37,38)/t23-/m0/s1. The number of fused-ring (bicyclic) bond motifs is 4. The molecule has 3 aromatic rings. The monoisotopic (exact) mass is 711 g/mol. The number of nitrogens with one attached hydrogen (secondary N) is 2. The molecular formula is C34H45N7O8S. The Balaban J connectivity index is 1.16. The van der Waals surface area contributed by atoms with Crippen molar-refractivity contribution in [3.05, 3.63) is 36.2 Å². The van der Waals surface area contributed by atoms with E-state index in [9.17, 15) is 18.0 Å². The number of aromatic nitrogens is 2. The van der Waals surface area contributed by atoms with Gasteiger partial charge in [-0.1, -0.05) is 6.07 Å². The summed E-state index contributed by atoms with van der Waals surface area (Å²) in [7, 11) is -1.26. The Bertz CT molecular complexity index is 1820. The number of carbonyl (C=O) groups is 2. The van der Waals surface area contributed by atoms with E-state index in [4.69, 9.17) is 18.9 Å². The average Bonchev–Trinajstić information content (AvgIpc) is 3.58. The summed E-state index contributed by atoms with van der Waals surface area (Å²) in [4.78, 5) is 40.5. The summed E-state index contributed by atoms with van der Waals surface area (Å²) in [6.45, 7) is 7.08. The molecular weight excluding hydrogens is 666 g/mol. The summed E-state index contributed by atoms with van der Waals surface area (Å²) >= 11 is 0. The molecule has 4 heterocycles. The lowest BCUT2D eigenvalue weighted by molar-refractivity contribution is -0.132. The molecule has 2 N–H and O–H groups in total. The minimum absolute atomic E-state index is 0.0232. The third-order valence-corrected chi connectivity index (χ3v) is 10.1. The summed E-state index contributed by atoms with van der Waals surface area (Å²) in [5, 5.41) is 7.24. The zero-order valence-electron chi connectivity index (χ0n) is 28.8. The van der Waals surface area contributed by atoms with E-state index < -0.39 is 9.84 Å². The Hall–Kier alpha value is -4.41. The summed E-state index contributed by atoms with van der Waals surface area (Å²) < 4.78 is 46.9. The van der Waals surface area contributed by atoms with E-state index in [-0.39, 0.29) is 36.8 Å². The Morgan fingerprint density at radius 2 is 1.90 bits per heavy atom. The van der Waals surface area contributed by atoms with E-state index in [1.165, 1.54) is 6.33 Å². The predicted molar refractivity (Wildman–Crippen MR) is 187 cm³/mol. The number of anilines is 2. The van der Waals surface area contributed by atoms with Crippen LogP contribution in [0.1, 0.15) is 31.7 Å². The van der Waals surface area contributed by atoms with Gasteiger partial charge in [-0.2, -0.15) is 0 Å². The number of sulfone groups is 1. The molecule has 270 valence electrons. The summed E-state index contributed by atoms with van der Waals surface area (Å²) in [6.07, 6.45) is 4.02. The first kappa shape index (κ1) is 35.4. The fraction of sp³-hybridized carbons (Fsp3) is 0.529. The fourth-order valence-corrected chi connectivity index (χ4v) is 6.68. The van der Waals surface area contributed by atoms with Crippen molar-refractivity contribution in [2.24, 2.45) is 0 Å². The van der Waals surface area contributed by atoms with E-state index >= 15 is 0 Å². The van der Waals surface area contributed by atoms with Crippen LogP contribution in [0.15, 0.2) is 30.6 Å². The summed E-state index contributed by atoms with van der Waals surface area (Å²) in [6, 6.07) is 7.20. The first-order chi connectivity index (χ1) is 24.1. The van der Waals surface area contributed by atoms with Crippen molar-refractivity contribution in [2.45, 2.75) is 38.8 Å². The number of amides is 2. The Morgan fingerprint density at radius 1 is 1.08 bits per heavy atom. The second-order valence-corrected chi connectivity index (χ2v) is 15.1. The third kappa shape index (κ3) is 8.65. The van der Waals surface area contributed by atoms with E-state index in [1.807, 2.05) is 43.1 Å². The number of hydrogen-bond acceptors (Lipinski definition) is 13. The lowest BCUT2D eigenvalue weighted by atomic mass is 10.1. The van der Waals surface area contributed by atoms with Crippen molar-refractivity contribution in [2.75, 3.05) is 83.6 Å². The maximum Gasteiger partial charge on any atom is 0.237 e. The summed E-state index contributed by atoms with van der Waals surface area (Å²) in [5.41, 5.74) is 2.28. The number of hydrogen-bond donors (Lipinski definition) is 2. The number of rotatable bonds is 8. The lowest BCUT2D eigenvalue weighted by Gasteiger charge is -2.34. The van der Waals surface area contributed by atoms with Crippen molar-refractivity contribution < 1.29 is 37.0 Å². The van der Waals surface area contributed by atoms with Crippen LogP contribution in [-0.2, 0) is 26.0 Å². The normalized spacial score (nSPS) is 19.1. The zero-order chi connectivity index (χ0) is 35.3. The van der Waals surface area contributed by atoms with Gasteiger partial charge in [0.2, 0.25) is 18.6 Å². The first-order valence-electron chi connectivity index (χ1n) is 16.9. The molecule has 0 aliphatic carbocycles. The van der Waals surface area contributed by atoms with Crippen LogP contribution in [0.5, 0.6) is 23.0 Å². The highest BCUT2D eigenvalue weighted by molar-refractivity contribution is 7.90. The molecule has 0 spiro atoms. The molecule has 2 bridgehead atoms. The lowest BCUT2D eigenvalue weighted by Crippen LogP contribution is -2.49. The van der Waals surface area contributed by atoms with Crippen LogP contribution in [0.3, 0.4) is 0 Å². The molecule has 0 saturated carbocycles. The molecule has 0 radical (unpaired) electrons. The average molecular weight is 712 g/mol. The van der Waals surface area contributed by atoms with Gasteiger partial charge >= 0.3 is 0 Å². The van der Waals surface area contributed by atoms with Gasteiger partial charge in [-0.05, 0) is 44.5 Å². The third-order valence-electron chi connectivity index (χ3n) is 9.20. The Labute approximate surface area is 292 Å². The van der Waals surface area contributed by atoms with Crippen LogP contribution in [-0.4, -0.2) is 129 Å². The number of piperazine rings is 1. The van der Waals surface area contributed by atoms with Crippen molar-refractivity contribution in [3.63, 3.8) is 0 Å². The first-order valence-corrected chi connectivity index (χ1v) is 19.0. The molecule has 2 aromatic carbocycles. The second-order valence-electron chi connectivity index (χ2n) is 12.9. The van der Waals surface area contributed by atoms with Crippen LogP contribution >= 0.6 is 0 Å². The van der Waals surface area contributed by atoms with E-state index in [0.717, 1.165) is 43.3 Å². The fourth-order valence-electron chi connectivity index (χ4n) is 6.13. The molecule has 2 amide bonds. The molecule has 1 atom stereocenters. The highest BCUT2D eigenvalue weighted by Crippen LogP contribution is 2.44. The van der Waals surface area contributed by atoms with Crippen molar-refractivity contribution >= 4 is 44.1 Å². The van der Waals surface area contributed by atoms with Gasteiger partial charge in [0, 0.05) is 69.9 Å². The zero-order valence-corrected chi connectivity index (χ0v) is 29.6. The van der Waals surface area contributed by atoms with Gasteiger partial charge in [0.25, 0.3) is 0 Å². The van der Waals surface area contributed by atoms with Gasteiger partial charge in [0.15, 0.2) is 23.0 Å². The van der Waals surface area contributed by atoms with E-state index in [1.54, 1.807) is 4.90 Å². The smallest absolute Gasteiger partial charge is 0.237 e. The van der Waals surface area contributed by atoms with Crippen molar-refractivity contribution in [1.29, 1.82) is 0 Å². The van der Waals surface area contributed by atoms with Crippen LogP contribution in [0.4, 0.5) is 11.5 Å². The molecule has 3 aliphatic rings. The highest BCUT2D eigenvalue weighted by atomic mass is 32.2. The Morgan fingerprint density at radius 3 is 2.70 bits per heavy atom. The van der Waals surface area contributed by atoms with Gasteiger partial charge in [0.05, 0.1) is 36.2 Å². The number of benzene rings is 2. The SMILES string of the molecule is C[C@H]1C(=O)NCCCOc2cc3c(ncnc3cc2OCCCN2CCN(C(=O)CCS(C)(=O)=O)CC2)Nc2c(ccc3c2OCO3)CN1C. The molecule has 50 heavy (non-hydrogen) atoms. The molecule has 1 aromatic heterocycles.